The Bertz CT molecular complexity index is 97.6. The number of rotatable bonds is 2. The highest BCUT2D eigenvalue weighted by Gasteiger charge is 2.19. The molecule has 0 heterocycles. The van der Waals surface area contributed by atoms with Crippen LogP contribution in [0.5, 0.6) is 0 Å². The first kappa shape index (κ1) is 8.82. The van der Waals surface area contributed by atoms with E-state index in [1.807, 2.05) is 0 Å². The molecule has 10 heavy (non-hydrogen) atoms. The van der Waals surface area contributed by atoms with Crippen molar-refractivity contribution in [3.63, 3.8) is 0 Å². The van der Waals surface area contributed by atoms with Crippen LogP contribution in [-0.4, -0.2) is 17.0 Å². The van der Waals surface area contributed by atoms with Gasteiger partial charge in [0.2, 0.25) is 0 Å². The van der Waals surface area contributed by atoms with Crippen LogP contribution in [0.3, 0.4) is 0 Å². The summed E-state index contributed by atoms with van der Waals surface area (Å²) in [7, 11) is 0. The second-order valence-corrected chi connectivity index (χ2v) is 3.74. The van der Waals surface area contributed by atoms with E-state index >= 15 is 0 Å². The first-order valence-electron chi connectivity index (χ1n) is 3.64. The van der Waals surface area contributed by atoms with Crippen LogP contribution < -0.4 is 0 Å². The van der Waals surface area contributed by atoms with E-state index in [9.17, 15) is 0 Å². The van der Waals surface area contributed by atoms with Gasteiger partial charge < -0.3 is 4.74 Å². The number of hydrogen-bond acceptors (Lipinski definition) is 1. The van der Waals surface area contributed by atoms with Crippen molar-refractivity contribution in [1.82, 2.24) is 0 Å². The maximum Gasteiger partial charge on any atom is 0.102 e. The molecular formula is C7H12BrClO. The molecule has 0 bridgehead atoms. The summed E-state index contributed by atoms with van der Waals surface area (Å²) < 4.78 is 5.39. The third-order valence-electron chi connectivity index (χ3n) is 1.86. The fourth-order valence-electron chi connectivity index (χ4n) is 1.33. The molecule has 1 rings (SSSR count). The molecule has 3 heteroatoms. The summed E-state index contributed by atoms with van der Waals surface area (Å²) in [5, 5.41) is 0.345. The zero-order valence-corrected chi connectivity index (χ0v) is 8.20. The van der Waals surface area contributed by atoms with E-state index in [1.165, 1.54) is 12.8 Å². The fraction of sp³-hybridized carbons (Fsp3) is 1.00. The Morgan fingerprint density at radius 3 is 2.90 bits per heavy atom. The van der Waals surface area contributed by atoms with E-state index in [0.29, 0.717) is 17.0 Å². The summed E-state index contributed by atoms with van der Waals surface area (Å²) in [5.41, 5.74) is 0.640. The largest absolute Gasteiger partial charge is 0.367 e. The number of hydrogen-bond donors (Lipinski definition) is 0. The topological polar surface area (TPSA) is 9.23 Å². The highest BCUT2D eigenvalue weighted by atomic mass is 79.9. The fourth-order valence-corrected chi connectivity index (χ4v) is 2.06. The van der Waals surface area contributed by atoms with Crippen molar-refractivity contribution in [3.8, 4) is 0 Å². The zero-order chi connectivity index (χ0) is 7.40. The minimum Gasteiger partial charge on any atom is -0.367 e. The van der Waals surface area contributed by atoms with Crippen molar-refractivity contribution >= 4 is 27.5 Å². The summed E-state index contributed by atoms with van der Waals surface area (Å²) in [6, 6.07) is 0. The average Bonchev–Trinajstić information content (AvgIpc) is 1.88. The molecule has 0 aliphatic heterocycles. The molecule has 1 saturated carbocycles. The predicted octanol–water partition coefficient (Wildman–Crippen LogP) is 2.91. The number of ether oxygens (including phenoxy) is 1. The minimum absolute atomic E-state index is 0.345. The molecule has 2 unspecified atom stereocenters. The van der Waals surface area contributed by atoms with E-state index in [-0.39, 0.29) is 0 Å². The van der Waals surface area contributed by atoms with Crippen LogP contribution in [0, 0.1) is 0 Å². The average molecular weight is 228 g/mol. The third kappa shape index (κ3) is 2.77. The molecule has 0 N–H and O–H groups in total. The van der Waals surface area contributed by atoms with Crippen LogP contribution in [0.25, 0.3) is 0 Å². The third-order valence-corrected chi connectivity index (χ3v) is 2.52. The second-order valence-electron chi connectivity index (χ2n) is 2.66. The second kappa shape index (κ2) is 4.58. The quantitative estimate of drug-likeness (QED) is 0.659. The van der Waals surface area contributed by atoms with Gasteiger partial charge in [-0.2, -0.15) is 0 Å². The van der Waals surface area contributed by atoms with Gasteiger partial charge in [-0.05, 0) is 25.7 Å². The minimum atomic E-state index is 0.345. The van der Waals surface area contributed by atoms with Gasteiger partial charge in [0.15, 0.2) is 0 Å². The molecule has 1 fully saturated rings. The highest BCUT2D eigenvalue weighted by Crippen LogP contribution is 2.24. The molecule has 1 aliphatic rings. The Morgan fingerprint density at radius 1 is 1.50 bits per heavy atom. The number of alkyl halides is 2. The first-order valence-corrected chi connectivity index (χ1v) is 5.20. The summed E-state index contributed by atoms with van der Waals surface area (Å²) >= 11 is 9.19. The smallest absolute Gasteiger partial charge is 0.102 e. The van der Waals surface area contributed by atoms with E-state index in [2.05, 4.69) is 15.9 Å². The maximum absolute atomic E-state index is 5.95. The first-order chi connectivity index (χ1) is 4.83. The van der Waals surface area contributed by atoms with E-state index < -0.39 is 0 Å². The van der Waals surface area contributed by atoms with Crippen molar-refractivity contribution in [2.24, 2.45) is 0 Å². The van der Waals surface area contributed by atoms with E-state index in [4.69, 9.17) is 16.3 Å². The lowest BCUT2D eigenvalue weighted by Gasteiger charge is -2.24. The van der Waals surface area contributed by atoms with Gasteiger partial charge in [-0.15, -0.1) is 11.6 Å². The van der Waals surface area contributed by atoms with Crippen molar-refractivity contribution in [2.75, 3.05) is 5.52 Å². The standard InChI is InChI=1S/C7H12BrClO/c8-5-10-7-3-1-2-6(9)4-7/h6-7H,1-5H2. The molecule has 1 nitrogen and oxygen atoms in total. The van der Waals surface area contributed by atoms with Crippen LogP contribution in [0.15, 0.2) is 0 Å². The number of halogens is 2. The predicted molar refractivity (Wildman–Crippen MR) is 46.8 cm³/mol. The van der Waals surface area contributed by atoms with Gasteiger partial charge in [0.1, 0.15) is 5.52 Å². The normalized spacial score (nSPS) is 34.2. The van der Waals surface area contributed by atoms with Crippen molar-refractivity contribution < 1.29 is 4.74 Å². The lowest BCUT2D eigenvalue weighted by Crippen LogP contribution is -2.22. The molecule has 1 aliphatic carbocycles. The van der Waals surface area contributed by atoms with E-state index in [1.54, 1.807) is 0 Å². The summed E-state index contributed by atoms with van der Waals surface area (Å²) in [4.78, 5) is 0. The van der Waals surface area contributed by atoms with Crippen molar-refractivity contribution in [2.45, 2.75) is 37.2 Å². The van der Waals surface area contributed by atoms with Crippen LogP contribution in [0.4, 0.5) is 0 Å². The molecule has 0 spiro atoms. The Balaban J connectivity index is 2.18. The van der Waals surface area contributed by atoms with Gasteiger partial charge >= 0.3 is 0 Å². The van der Waals surface area contributed by atoms with Gasteiger partial charge in [0.25, 0.3) is 0 Å². The molecule has 0 aromatic heterocycles. The zero-order valence-electron chi connectivity index (χ0n) is 5.85. The summed E-state index contributed by atoms with van der Waals surface area (Å²) in [6.45, 7) is 0. The Morgan fingerprint density at radius 2 is 2.30 bits per heavy atom. The lowest BCUT2D eigenvalue weighted by atomic mass is 9.97. The summed E-state index contributed by atoms with van der Waals surface area (Å²) in [5.74, 6) is 0. The highest BCUT2D eigenvalue weighted by molar-refractivity contribution is 9.09. The maximum atomic E-state index is 5.95. The van der Waals surface area contributed by atoms with Crippen molar-refractivity contribution in [1.29, 1.82) is 0 Å². The Labute approximate surface area is 75.2 Å². The van der Waals surface area contributed by atoms with Crippen LogP contribution in [0.2, 0.25) is 0 Å². The Hall–Kier alpha value is 0.730. The molecule has 0 radical (unpaired) electrons. The molecule has 0 aromatic carbocycles. The molecule has 0 saturated heterocycles. The monoisotopic (exact) mass is 226 g/mol. The van der Waals surface area contributed by atoms with Gasteiger partial charge in [0, 0.05) is 5.38 Å². The van der Waals surface area contributed by atoms with Gasteiger partial charge in [-0.3, -0.25) is 0 Å². The van der Waals surface area contributed by atoms with Crippen LogP contribution in [-0.2, 0) is 4.74 Å². The molecule has 0 aromatic rings. The van der Waals surface area contributed by atoms with Gasteiger partial charge in [-0.25, -0.2) is 0 Å². The van der Waals surface area contributed by atoms with Crippen LogP contribution >= 0.6 is 27.5 Å². The molecular weight excluding hydrogens is 215 g/mol. The van der Waals surface area contributed by atoms with E-state index in [0.717, 1.165) is 12.8 Å². The molecule has 0 amide bonds. The van der Waals surface area contributed by atoms with Gasteiger partial charge in [-0.1, -0.05) is 15.9 Å². The lowest BCUT2D eigenvalue weighted by molar-refractivity contribution is 0.0638. The van der Waals surface area contributed by atoms with Gasteiger partial charge in [0.05, 0.1) is 6.10 Å². The SMILES string of the molecule is ClC1CCCC(OCBr)C1. The Kier molecular flexibility index (Phi) is 4.04. The summed E-state index contributed by atoms with van der Waals surface area (Å²) in [6.07, 6.45) is 4.97. The van der Waals surface area contributed by atoms with Crippen LogP contribution in [0.1, 0.15) is 25.7 Å². The molecule has 60 valence electrons. The van der Waals surface area contributed by atoms with Crippen molar-refractivity contribution in [3.05, 3.63) is 0 Å². The molecule has 2 atom stereocenters.